The largest absolute Gasteiger partial charge is 0.504 e. The molecule has 1 amide bonds. The smallest absolute Gasteiger partial charge is 0.269 e. The minimum absolute atomic E-state index is 0.00104. The molecule has 1 heterocycles. The number of nitrogens with one attached hydrogen (secondary N) is 3. The molecule has 0 bridgehead atoms. The summed E-state index contributed by atoms with van der Waals surface area (Å²) in [6, 6.07) is 10.2. The van der Waals surface area contributed by atoms with Gasteiger partial charge in [-0.3, -0.25) is 14.9 Å². The molecule has 146 valence electrons. The van der Waals surface area contributed by atoms with Gasteiger partial charge in [0.25, 0.3) is 11.6 Å². The molecule has 3 rings (SSSR count). The number of nitro benzene ring substituents is 1. The van der Waals surface area contributed by atoms with Crippen molar-refractivity contribution in [2.24, 2.45) is 5.10 Å². The van der Waals surface area contributed by atoms with Crippen LogP contribution in [-0.4, -0.2) is 35.3 Å². The minimum Gasteiger partial charge on any atom is -0.504 e. The number of methoxy groups -OCH3 is 1. The zero-order valence-corrected chi connectivity index (χ0v) is 15.0. The maximum atomic E-state index is 12.3. The van der Waals surface area contributed by atoms with Gasteiger partial charge < -0.3 is 9.84 Å². The zero-order valence-electron chi connectivity index (χ0n) is 15.0. The van der Waals surface area contributed by atoms with Gasteiger partial charge in [0.15, 0.2) is 11.5 Å². The lowest BCUT2D eigenvalue weighted by Crippen LogP contribution is -2.41. The van der Waals surface area contributed by atoms with E-state index in [1.54, 1.807) is 24.3 Å². The lowest BCUT2D eigenvalue weighted by atomic mass is 10.0. The summed E-state index contributed by atoms with van der Waals surface area (Å²) >= 11 is 0. The van der Waals surface area contributed by atoms with Crippen molar-refractivity contribution in [3.8, 4) is 11.5 Å². The van der Waals surface area contributed by atoms with Crippen LogP contribution in [0, 0.1) is 10.1 Å². The van der Waals surface area contributed by atoms with E-state index >= 15 is 0 Å². The van der Waals surface area contributed by atoms with Crippen molar-refractivity contribution in [1.82, 2.24) is 16.3 Å². The molecule has 2 aromatic rings. The van der Waals surface area contributed by atoms with Gasteiger partial charge >= 0.3 is 0 Å². The van der Waals surface area contributed by atoms with Gasteiger partial charge in [-0.15, -0.1) is 0 Å². The van der Waals surface area contributed by atoms with Crippen molar-refractivity contribution in [3.05, 3.63) is 63.7 Å². The summed E-state index contributed by atoms with van der Waals surface area (Å²) in [7, 11) is 1.44. The summed E-state index contributed by atoms with van der Waals surface area (Å²) in [5, 5.41) is 24.4. The summed E-state index contributed by atoms with van der Waals surface area (Å²) < 4.78 is 5.01. The number of aromatic hydroxyl groups is 1. The summed E-state index contributed by atoms with van der Waals surface area (Å²) in [5.74, 6) is -0.0312. The van der Waals surface area contributed by atoms with Crippen LogP contribution in [0.4, 0.5) is 5.69 Å². The molecule has 2 aromatic carbocycles. The third kappa shape index (κ3) is 4.42. The second-order valence-corrected chi connectivity index (χ2v) is 6.15. The van der Waals surface area contributed by atoms with Crippen LogP contribution < -0.4 is 21.0 Å². The van der Waals surface area contributed by atoms with Crippen molar-refractivity contribution >= 4 is 17.8 Å². The number of hydrogen-bond donors (Lipinski definition) is 4. The summed E-state index contributed by atoms with van der Waals surface area (Å²) in [6.07, 6.45) is 1.84. The van der Waals surface area contributed by atoms with Crippen LogP contribution >= 0.6 is 0 Å². The summed E-state index contributed by atoms with van der Waals surface area (Å²) in [5.41, 5.74) is 9.64. The molecule has 1 fully saturated rings. The molecule has 1 saturated heterocycles. The van der Waals surface area contributed by atoms with Crippen LogP contribution in [0.2, 0.25) is 0 Å². The first-order valence-corrected chi connectivity index (χ1v) is 8.43. The van der Waals surface area contributed by atoms with Crippen LogP contribution in [0.3, 0.4) is 0 Å². The van der Waals surface area contributed by atoms with Crippen LogP contribution in [0.25, 0.3) is 0 Å². The van der Waals surface area contributed by atoms with Crippen molar-refractivity contribution in [2.75, 3.05) is 7.11 Å². The number of carbonyl (C=O) groups is 1. The van der Waals surface area contributed by atoms with Crippen LogP contribution in [0.1, 0.15) is 23.6 Å². The molecule has 0 aliphatic carbocycles. The number of nitro groups is 1. The molecule has 0 radical (unpaired) electrons. The fraction of sp³-hybridized carbons (Fsp3) is 0.222. The van der Waals surface area contributed by atoms with Gasteiger partial charge in [0.2, 0.25) is 0 Å². The third-order valence-electron chi connectivity index (χ3n) is 4.30. The topological polar surface area (TPSA) is 138 Å². The monoisotopic (exact) mass is 385 g/mol. The number of ether oxygens (including phenoxy) is 1. The Morgan fingerprint density at radius 1 is 1.36 bits per heavy atom. The van der Waals surface area contributed by atoms with E-state index in [0.29, 0.717) is 17.7 Å². The average molecular weight is 385 g/mol. The average Bonchev–Trinajstić information content (AvgIpc) is 3.19. The molecule has 10 heteroatoms. The molecule has 1 aliphatic heterocycles. The first-order chi connectivity index (χ1) is 13.5. The van der Waals surface area contributed by atoms with E-state index in [4.69, 9.17) is 4.74 Å². The van der Waals surface area contributed by atoms with E-state index in [2.05, 4.69) is 21.4 Å². The molecular weight excluding hydrogens is 366 g/mol. The Hall–Kier alpha value is -3.50. The first kappa shape index (κ1) is 19.3. The second-order valence-electron chi connectivity index (χ2n) is 6.15. The predicted molar refractivity (Wildman–Crippen MR) is 101 cm³/mol. The van der Waals surface area contributed by atoms with Gasteiger partial charge in [-0.2, -0.15) is 5.10 Å². The van der Waals surface area contributed by atoms with E-state index in [1.807, 2.05) is 0 Å². The van der Waals surface area contributed by atoms with Gasteiger partial charge in [0, 0.05) is 18.2 Å². The molecule has 2 atom stereocenters. The quantitative estimate of drug-likeness (QED) is 0.335. The van der Waals surface area contributed by atoms with Crippen molar-refractivity contribution < 1.29 is 19.6 Å². The molecule has 0 aromatic heterocycles. The molecule has 2 unspecified atom stereocenters. The number of amides is 1. The number of rotatable bonds is 6. The van der Waals surface area contributed by atoms with Crippen molar-refractivity contribution in [3.63, 3.8) is 0 Å². The number of hydrogen-bond acceptors (Lipinski definition) is 8. The summed E-state index contributed by atoms with van der Waals surface area (Å²) in [6.45, 7) is 0. The SMILES string of the molecule is COc1cc(/C=N/NC(=O)C2CC(c3cccc([N+](=O)[O-])c3)NN2)ccc1O. The highest BCUT2D eigenvalue weighted by atomic mass is 16.6. The number of hydrazone groups is 1. The van der Waals surface area contributed by atoms with Crippen molar-refractivity contribution in [2.45, 2.75) is 18.5 Å². The van der Waals surface area contributed by atoms with E-state index in [0.717, 1.165) is 5.56 Å². The van der Waals surface area contributed by atoms with Crippen LogP contribution in [0.5, 0.6) is 11.5 Å². The highest BCUT2D eigenvalue weighted by Gasteiger charge is 2.30. The van der Waals surface area contributed by atoms with Crippen LogP contribution in [-0.2, 0) is 4.79 Å². The molecule has 28 heavy (non-hydrogen) atoms. The molecule has 0 spiro atoms. The Morgan fingerprint density at radius 3 is 2.93 bits per heavy atom. The third-order valence-corrected chi connectivity index (χ3v) is 4.30. The lowest BCUT2D eigenvalue weighted by molar-refractivity contribution is -0.384. The second kappa shape index (κ2) is 8.46. The standard InChI is InChI=1S/C18H19N5O5/c1-28-17-7-11(5-6-16(17)24)10-19-22-18(25)15-9-14(20-21-15)12-3-2-4-13(8-12)23(26)27/h2-8,10,14-15,20-21,24H,9H2,1H3,(H,22,25)/b19-10+. The predicted octanol–water partition coefficient (Wildman–Crippen LogP) is 1.37. The number of phenolic OH excluding ortho intramolecular Hbond substituents is 1. The fourth-order valence-corrected chi connectivity index (χ4v) is 2.82. The number of phenols is 1. The van der Waals surface area contributed by atoms with Crippen LogP contribution in [0.15, 0.2) is 47.6 Å². The Balaban J connectivity index is 1.57. The highest BCUT2D eigenvalue weighted by Crippen LogP contribution is 2.26. The lowest BCUT2D eigenvalue weighted by Gasteiger charge is -2.09. The minimum atomic E-state index is -0.546. The Morgan fingerprint density at radius 2 is 2.18 bits per heavy atom. The molecule has 10 nitrogen and oxygen atoms in total. The van der Waals surface area contributed by atoms with E-state index in [1.165, 1.54) is 31.5 Å². The zero-order chi connectivity index (χ0) is 20.1. The molecule has 4 N–H and O–H groups in total. The Labute approximate surface area is 160 Å². The normalized spacial score (nSPS) is 18.9. The fourth-order valence-electron chi connectivity index (χ4n) is 2.82. The molecule has 0 saturated carbocycles. The first-order valence-electron chi connectivity index (χ1n) is 8.43. The van der Waals surface area contributed by atoms with Gasteiger partial charge in [0.05, 0.1) is 18.2 Å². The number of non-ortho nitro benzene ring substituents is 1. The van der Waals surface area contributed by atoms with Gasteiger partial charge in [0.1, 0.15) is 6.04 Å². The molecular formula is C18H19N5O5. The number of benzene rings is 2. The van der Waals surface area contributed by atoms with Gasteiger partial charge in [-0.05, 0) is 35.7 Å². The number of carbonyl (C=O) groups excluding carboxylic acids is 1. The highest BCUT2D eigenvalue weighted by molar-refractivity contribution is 5.85. The summed E-state index contributed by atoms with van der Waals surface area (Å²) in [4.78, 5) is 22.7. The Bertz CT molecular complexity index is 917. The maximum Gasteiger partial charge on any atom is 0.269 e. The van der Waals surface area contributed by atoms with Crippen molar-refractivity contribution in [1.29, 1.82) is 0 Å². The molecule has 1 aliphatic rings. The van der Waals surface area contributed by atoms with E-state index in [9.17, 15) is 20.0 Å². The maximum absolute atomic E-state index is 12.3. The van der Waals surface area contributed by atoms with Gasteiger partial charge in [-0.25, -0.2) is 16.3 Å². The Kier molecular flexibility index (Phi) is 5.82. The van der Waals surface area contributed by atoms with E-state index in [-0.39, 0.29) is 23.4 Å². The van der Waals surface area contributed by atoms with E-state index < -0.39 is 11.0 Å². The van der Waals surface area contributed by atoms with Gasteiger partial charge in [-0.1, -0.05) is 12.1 Å². The number of hydrazine groups is 1. The number of nitrogens with zero attached hydrogens (tertiary/aromatic N) is 2.